The lowest BCUT2D eigenvalue weighted by Crippen LogP contribution is -2.33. The Kier molecular flexibility index (Phi) is 6.98. The van der Waals surface area contributed by atoms with E-state index in [2.05, 4.69) is 21.2 Å². The van der Waals surface area contributed by atoms with Gasteiger partial charge in [0, 0.05) is 24.4 Å². The Morgan fingerprint density at radius 3 is 2.50 bits per heavy atom. The summed E-state index contributed by atoms with van der Waals surface area (Å²) in [5.74, 6) is -0.334. The molecule has 112 valence electrons. The maximum absolute atomic E-state index is 11.6. The molecule has 5 nitrogen and oxygen atoms in total. The van der Waals surface area contributed by atoms with Crippen molar-refractivity contribution >= 4 is 27.6 Å². The number of carbonyl (C=O) groups is 1. The maximum Gasteiger partial charge on any atom is 0.338 e. The van der Waals surface area contributed by atoms with E-state index in [1.165, 1.54) is 0 Å². The Morgan fingerprint density at radius 1 is 1.35 bits per heavy atom. The molecule has 20 heavy (non-hydrogen) atoms. The van der Waals surface area contributed by atoms with E-state index in [-0.39, 0.29) is 18.3 Å². The van der Waals surface area contributed by atoms with Crippen LogP contribution in [0.25, 0.3) is 0 Å². The van der Waals surface area contributed by atoms with Crippen molar-refractivity contribution in [1.82, 2.24) is 0 Å². The van der Waals surface area contributed by atoms with Crippen LogP contribution in [0.2, 0.25) is 0 Å². The predicted molar refractivity (Wildman–Crippen MR) is 81.0 cm³/mol. The van der Waals surface area contributed by atoms with E-state index >= 15 is 0 Å². The zero-order chi connectivity index (χ0) is 15.1. The van der Waals surface area contributed by atoms with Gasteiger partial charge in [0.05, 0.1) is 18.2 Å². The highest BCUT2D eigenvalue weighted by atomic mass is 79.9. The second-order valence-electron chi connectivity index (χ2n) is 4.19. The highest BCUT2D eigenvalue weighted by molar-refractivity contribution is 9.10. The minimum absolute atomic E-state index is 0.0465. The molecule has 0 bridgehead atoms. The van der Waals surface area contributed by atoms with Crippen molar-refractivity contribution in [2.75, 3.05) is 26.1 Å². The van der Waals surface area contributed by atoms with Crippen LogP contribution in [0.1, 0.15) is 24.2 Å². The van der Waals surface area contributed by atoms with Gasteiger partial charge in [-0.1, -0.05) is 0 Å². The molecule has 1 aromatic rings. The molecular weight excluding hydrogens is 326 g/mol. The first kappa shape index (κ1) is 16.9. The SMILES string of the molecule is CCOC(=O)c1ccc(NC(C)C(OC)OC)c(Br)c1. The van der Waals surface area contributed by atoms with Gasteiger partial charge < -0.3 is 19.5 Å². The Hall–Kier alpha value is -1.11. The number of methoxy groups -OCH3 is 2. The van der Waals surface area contributed by atoms with Crippen molar-refractivity contribution < 1.29 is 19.0 Å². The number of ether oxygens (including phenoxy) is 3. The van der Waals surface area contributed by atoms with E-state index in [1.54, 1.807) is 33.3 Å². The van der Waals surface area contributed by atoms with Gasteiger partial charge >= 0.3 is 5.97 Å². The van der Waals surface area contributed by atoms with Gasteiger partial charge in [-0.25, -0.2) is 4.79 Å². The van der Waals surface area contributed by atoms with Gasteiger partial charge in [0.15, 0.2) is 6.29 Å². The lowest BCUT2D eigenvalue weighted by atomic mass is 10.2. The molecule has 0 heterocycles. The largest absolute Gasteiger partial charge is 0.462 e. The first-order valence-corrected chi connectivity index (χ1v) is 7.11. The summed E-state index contributed by atoms with van der Waals surface area (Å²) < 4.78 is 16.1. The van der Waals surface area contributed by atoms with Crippen molar-refractivity contribution in [2.45, 2.75) is 26.2 Å². The van der Waals surface area contributed by atoms with E-state index in [0.717, 1.165) is 10.2 Å². The highest BCUT2D eigenvalue weighted by Crippen LogP contribution is 2.25. The van der Waals surface area contributed by atoms with E-state index < -0.39 is 0 Å². The number of nitrogens with one attached hydrogen (secondary N) is 1. The summed E-state index contributed by atoms with van der Waals surface area (Å²) in [4.78, 5) is 11.6. The summed E-state index contributed by atoms with van der Waals surface area (Å²) in [6, 6.07) is 5.21. The zero-order valence-corrected chi connectivity index (χ0v) is 13.7. The van der Waals surface area contributed by atoms with Gasteiger partial charge in [-0.15, -0.1) is 0 Å². The van der Waals surface area contributed by atoms with Crippen LogP contribution >= 0.6 is 15.9 Å². The molecule has 0 amide bonds. The van der Waals surface area contributed by atoms with Crippen LogP contribution < -0.4 is 5.32 Å². The molecule has 0 aliphatic carbocycles. The van der Waals surface area contributed by atoms with Crippen molar-refractivity contribution in [3.8, 4) is 0 Å². The predicted octanol–water partition coefficient (Wildman–Crippen LogP) is 3.05. The third-order valence-electron chi connectivity index (χ3n) is 2.74. The van der Waals surface area contributed by atoms with Crippen LogP contribution in [0.4, 0.5) is 5.69 Å². The van der Waals surface area contributed by atoms with Gasteiger partial charge in [-0.2, -0.15) is 0 Å². The fraction of sp³-hybridized carbons (Fsp3) is 0.500. The topological polar surface area (TPSA) is 56.8 Å². The van der Waals surface area contributed by atoms with Crippen molar-refractivity contribution in [3.63, 3.8) is 0 Å². The van der Waals surface area contributed by atoms with Crippen molar-refractivity contribution in [3.05, 3.63) is 28.2 Å². The fourth-order valence-electron chi connectivity index (χ4n) is 1.79. The fourth-order valence-corrected chi connectivity index (χ4v) is 2.28. The minimum Gasteiger partial charge on any atom is -0.462 e. The van der Waals surface area contributed by atoms with E-state index in [9.17, 15) is 4.79 Å². The molecule has 1 unspecified atom stereocenters. The molecule has 0 saturated heterocycles. The molecule has 0 spiro atoms. The lowest BCUT2D eigenvalue weighted by molar-refractivity contribution is -0.109. The number of carbonyl (C=O) groups excluding carboxylic acids is 1. The molecule has 1 rings (SSSR count). The number of halogens is 1. The number of hydrogen-bond acceptors (Lipinski definition) is 5. The first-order valence-electron chi connectivity index (χ1n) is 6.32. The highest BCUT2D eigenvalue weighted by Gasteiger charge is 2.17. The van der Waals surface area contributed by atoms with E-state index in [4.69, 9.17) is 14.2 Å². The number of anilines is 1. The maximum atomic E-state index is 11.6. The van der Waals surface area contributed by atoms with Gasteiger partial charge in [-0.05, 0) is 48.0 Å². The molecule has 6 heteroatoms. The Balaban J connectivity index is 2.80. The van der Waals surface area contributed by atoms with E-state index in [0.29, 0.717) is 12.2 Å². The average Bonchev–Trinajstić information content (AvgIpc) is 2.42. The van der Waals surface area contributed by atoms with Gasteiger partial charge in [0.25, 0.3) is 0 Å². The normalized spacial score (nSPS) is 12.3. The zero-order valence-electron chi connectivity index (χ0n) is 12.1. The Bertz CT molecular complexity index is 449. The number of hydrogen-bond donors (Lipinski definition) is 1. The lowest BCUT2D eigenvalue weighted by Gasteiger charge is -2.23. The molecule has 0 fully saturated rings. The standard InChI is InChI=1S/C14H20BrNO4/c1-5-20-13(17)10-6-7-12(11(15)8-10)16-9(2)14(18-3)19-4/h6-9,14,16H,5H2,1-4H3. The van der Waals surface area contributed by atoms with Crippen molar-refractivity contribution in [1.29, 1.82) is 0 Å². The Labute approximate surface area is 127 Å². The van der Waals surface area contributed by atoms with Crippen LogP contribution in [0.3, 0.4) is 0 Å². The summed E-state index contributed by atoms with van der Waals surface area (Å²) in [6.07, 6.45) is -0.355. The monoisotopic (exact) mass is 345 g/mol. The summed E-state index contributed by atoms with van der Waals surface area (Å²) in [6.45, 7) is 4.08. The number of rotatable bonds is 7. The summed E-state index contributed by atoms with van der Waals surface area (Å²) >= 11 is 3.44. The number of esters is 1. The van der Waals surface area contributed by atoms with E-state index in [1.807, 2.05) is 13.0 Å². The molecule has 0 radical (unpaired) electrons. The molecule has 0 aromatic heterocycles. The first-order chi connectivity index (χ1) is 9.53. The molecule has 1 atom stereocenters. The van der Waals surface area contributed by atoms with Crippen LogP contribution in [0, 0.1) is 0 Å². The minimum atomic E-state index is -0.355. The van der Waals surface area contributed by atoms with Crippen LogP contribution in [0.15, 0.2) is 22.7 Å². The summed E-state index contributed by atoms with van der Waals surface area (Å²) in [7, 11) is 3.18. The Morgan fingerprint density at radius 2 is 2.00 bits per heavy atom. The van der Waals surface area contributed by atoms with Gasteiger partial charge in [0.2, 0.25) is 0 Å². The molecule has 1 N–H and O–H groups in total. The van der Waals surface area contributed by atoms with Gasteiger partial charge in [0.1, 0.15) is 0 Å². The second kappa shape index (κ2) is 8.24. The summed E-state index contributed by atoms with van der Waals surface area (Å²) in [5.41, 5.74) is 1.36. The molecular formula is C14H20BrNO4. The summed E-state index contributed by atoms with van der Waals surface area (Å²) in [5, 5.41) is 3.26. The number of benzene rings is 1. The third kappa shape index (κ3) is 4.47. The molecule has 0 saturated carbocycles. The van der Waals surface area contributed by atoms with Crippen LogP contribution in [-0.2, 0) is 14.2 Å². The van der Waals surface area contributed by atoms with Crippen LogP contribution in [0.5, 0.6) is 0 Å². The molecule has 0 aliphatic rings. The smallest absolute Gasteiger partial charge is 0.338 e. The third-order valence-corrected chi connectivity index (χ3v) is 3.39. The van der Waals surface area contributed by atoms with Gasteiger partial charge in [-0.3, -0.25) is 0 Å². The van der Waals surface area contributed by atoms with Crippen molar-refractivity contribution in [2.24, 2.45) is 0 Å². The molecule has 0 aliphatic heterocycles. The second-order valence-corrected chi connectivity index (χ2v) is 5.04. The molecule has 1 aromatic carbocycles. The quantitative estimate of drug-likeness (QED) is 0.608. The average molecular weight is 346 g/mol. The van der Waals surface area contributed by atoms with Crippen LogP contribution in [-0.4, -0.2) is 39.1 Å².